The molecule has 2 rings (SSSR count). The number of nitrogens with one attached hydrogen (secondary N) is 1. The lowest BCUT2D eigenvalue weighted by Crippen LogP contribution is -2.19. The fraction of sp³-hybridized carbons (Fsp3) is 0.154. The maximum Gasteiger partial charge on any atom is 0.341 e. The fourth-order valence-electron chi connectivity index (χ4n) is 1.80. The molecule has 0 bridgehead atoms. The van der Waals surface area contributed by atoms with E-state index in [0.29, 0.717) is 6.42 Å². The van der Waals surface area contributed by atoms with Crippen LogP contribution in [0.4, 0.5) is 0 Å². The maximum absolute atomic E-state index is 11.6. The van der Waals surface area contributed by atoms with E-state index in [-0.39, 0.29) is 5.56 Å². The van der Waals surface area contributed by atoms with Crippen LogP contribution in [0.1, 0.15) is 23.0 Å². The summed E-state index contributed by atoms with van der Waals surface area (Å²) >= 11 is 0. The molecule has 92 valence electrons. The number of hydrogen-bond donors (Lipinski definition) is 2. The highest BCUT2D eigenvalue weighted by Crippen LogP contribution is 2.21. The molecular formula is C13H12N2O3. The summed E-state index contributed by atoms with van der Waals surface area (Å²) in [6.07, 6.45) is 3.87. The van der Waals surface area contributed by atoms with Crippen molar-refractivity contribution < 1.29 is 9.90 Å². The highest BCUT2D eigenvalue weighted by Gasteiger charge is 2.13. The average molecular weight is 244 g/mol. The average Bonchev–Trinajstić information content (AvgIpc) is 2.39. The van der Waals surface area contributed by atoms with Crippen molar-refractivity contribution in [3.05, 3.63) is 52.2 Å². The van der Waals surface area contributed by atoms with E-state index >= 15 is 0 Å². The Morgan fingerprint density at radius 1 is 1.39 bits per heavy atom. The predicted octanol–water partition coefficient (Wildman–Crippen LogP) is 1.70. The Hall–Kier alpha value is -2.43. The van der Waals surface area contributed by atoms with Crippen LogP contribution in [0.25, 0.3) is 11.1 Å². The van der Waals surface area contributed by atoms with Gasteiger partial charge in [0.05, 0.1) is 0 Å². The second-order valence-electron chi connectivity index (χ2n) is 3.80. The first-order chi connectivity index (χ1) is 8.63. The molecule has 0 unspecified atom stereocenters. The highest BCUT2D eigenvalue weighted by atomic mass is 16.4. The van der Waals surface area contributed by atoms with Gasteiger partial charge < -0.3 is 10.1 Å². The molecule has 0 aliphatic carbocycles. The first kappa shape index (κ1) is 12.0. The molecule has 0 fully saturated rings. The Kier molecular flexibility index (Phi) is 3.23. The van der Waals surface area contributed by atoms with Gasteiger partial charge in [0, 0.05) is 23.7 Å². The topological polar surface area (TPSA) is 83.0 Å². The van der Waals surface area contributed by atoms with Gasteiger partial charge in [-0.3, -0.25) is 9.78 Å². The number of aromatic nitrogens is 2. The Labute approximate surface area is 103 Å². The van der Waals surface area contributed by atoms with E-state index in [2.05, 4.69) is 9.97 Å². The molecule has 18 heavy (non-hydrogen) atoms. The van der Waals surface area contributed by atoms with Crippen molar-refractivity contribution in [1.82, 2.24) is 9.97 Å². The van der Waals surface area contributed by atoms with Gasteiger partial charge in [0.25, 0.3) is 5.56 Å². The number of aromatic carboxylic acids is 1. The molecule has 0 aliphatic rings. The summed E-state index contributed by atoms with van der Waals surface area (Å²) in [5, 5.41) is 8.97. The van der Waals surface area contributed by atoms with Crippen molar-refractivity contribution in [1.29, 1.82) is 0 Å². The van der Waals surface area contributed by atoms with Gasteiger partial charge in [-0.1, -0.05) is 6.92 Å². The first-order valence-corrected chi connectivity index (χ1v) is 5.53. The van der Waals surface area contributed by atoms with Crippen molar-refractivity contribution in [3.63, 3.8) is 0 Å². The number of carbonyl (C=O) groups is 1. The van der Waals surface area contributed by atoms with Gasteiger partial charge in [0.2, 0.25) is 0 Å². The van der Waals surface area contributed by atoms with Gasteiger partial charge in [-0.15, -0.1) is 0 Å². The number of aryl methyl sites for hydroxylation is 1. The van der Waals surface area contributed by atoms with Crippen LogP contribution in [0, 0.1) is 0 Å². The van der Waals surface area contributed by atoms with Gasteiger partial charge in [-0.05, 0) is 30.2 Å². The molecule has 0 atom stereocenters. The maximum atomic E-state index is 11.6. The van der Waals surface area contributed by atoms with Crippen LogP contribution in [-0.2, 0) is 6.42 Å². The monoisotopic (exact) mass is 244 g/mol. The molecule has 0 saturated heterocycles. The first-order valence-electron chi connectivity index (χ1n) is 5.53. The quantitative estimate of drug-likeness (QED) is 0.860. The van der Waals surface area contributed by atoms with E-state index in [1.807, 2.05) is 6.92 Å². The van der Waals surface area contributed by atoms with Gasteiger partial charge in [0.1, 0.15) is 5.56 Å². The Morgan fingerprint density at radius 3 is 2.61 bits per heavy atom. The van der Waals surface area contributed by atoms with Gasteiger partial charge in [-0.2, -0.15) is 0 Å². The lowest BCUT2D eigenvalue weighted by Gasteiger charge is -2.08. The van der Waals surface area contributed by atoms with Crippen LogP contribution in [0.15, 0.2) is 35.4 Å². The molecule has 5 nitrogen and oxygen atoms in total. The standard InChI is InChI=1S/C13H12N2O3/c1-2-11-9(8-3-5-14-6-4-8)7-10(13(17)18)12(16)15-11/h3-7H,2H2,1H3,(H,15,16)(H,17,18). The second-order valence-corrected chi connectivity index (χ2v) is 3.80. The number of carboxylic acids is 1. The molecule has 0 radical (unpaired) electrons. The lowest BCUT2D eigenvalue weighted by molar-refractivity contribution is 0.0695. The second kappa shape index (κ2) is 4.83. The zero-order valence-corrected chi connectivity index (χ0v) is 9.80. The smallest absolute Gasteiger partial charge is 0.341 e. The molecule has 0 aromatic carbocycles. The Balaban J connectivity index is 2.69. The minimum atomic E-state index is -1.23. The third-order valence-electron chi connectivity index (χ3n) is 2.70. The minimum Gasteiger partial charge on any atom is -0.477 e. The Bertz CT molecular complexity index is 632. The van der Waals surface area contributed by atoms with Crippen molar-refractivity contribution >= 4 is 5.97 Å². The zero-order chi connectivity index (χ0) is 13.1. The van der Waals surface area contributed by atoms with Crippen LogP contribution in [0.2, 0.25) is 0 Å². The number of nitrogens with zero attached hydrogens (tertiary/aromatic N) is 1. The summed E-state index contributed by atoms with van der Waals surface area (Å²) < 4.78 is 0. The van der Waals surface area contributed by atoms with Crippen molar-refractivity contribution in [2.45, 2.75) is 13.3 Å². The molecule has 0 spiro atoms. The number of carboxylic acid groups (broad SMARTS) is 1. The Morgan fingerprint density at radius 2 is 2.06 bits per heavy atom. The third kappa shape index (κ3) is 2.15. The van der Waals surface area contributed by atoms with E-state index in [1.54, 1.807) is 24.5 Å². The third-order valence-corrected chi connectivity index (χ3v) is 2.70. The van der Waals surface area contributed by atoms with Gasteiger partial charge >= 0.3 is 5.97 Å². The number of hydrogen-bond acceptors (Lipinski definition) is 3. The number of rotatable bonds is 3. The van der Waals surface area contributed by atoms with Crippen molar-refractivity contribution in [2.75, 3.05) is 0 Å². The molecular weight excluding hydrogens is 232 g/mol. The van der Waals surface area contributed by atoms with Gasteiger partial charge in [0.15, 0.2) is 0 Å². The highest BCUT2D eigenvalue weighted by molar-refractivity contribution is 5.89. The largest absolute Gasteiger partial charge is 0.477 e. The number of pyridine rings is 2. The molecule has 2 heterocycles. The van der Waals surface area contributed by atoms with Crippen molar-refractivity contribution in [3.8, 4) is 11.1 Å². The summed E-state index contributed by atoms with van der Waals surface area (Å²) in [6, 6.07) is 4.96. The minimum absolute atomic E-state index is 0.251. The molecule has 0 saturated carbocycles. The molecule has 5 heteroatoms. The van der Waals surface area contributed by atoms with Crippen molar-refractivity contribution in [2.24, 2.45) is 0 Å². The van der Waals surface area contributed by atoms with Crippen LogP contribution >= 0.6 is 0 Å². The fourth-order valence-corrected chi connectivity index (χ4v) is 1.80. The molecule has 0 amide bonds. The summed E-state index contributed by atoms with van der Waals surface area (Å²) in [7, 11) is 0. The lowest BCUT2D eigenvalue weighted by atomic mass is 10.0. The van der Waals surface area contributed by atoms with E-state index in [0.717, 1.165) is 16.8 Å². The molecule has 2 aromatic heterocycles. The van der Waals surface area contributed by atoms with Crippen LogP contribution in [0.5, 0.6) is 0 Å². The van der Waals surface area contributed by atoms with E-state index in [9.17, 15) is 9.59 Å². The normalized spacial score (nSPS) is 10.3. The molecule has 2 N–H and O–H groups in total. The SMILES string of the molecule is CCc1[nH]c(=O)c(C(=O)O)cc1-c1ccncc1. The summed E-state index contributed by atoms with van der Waals surface area (Å²) in [5.41, 5.74) is 1.45. The predicted molar refractivity (Wildman–Crippen MR) is 66.6 cm³/mol. The van der Waals surface area contributed by atoms with Crippen LogP contribution in [0.3, 0.4) is 0 Å². The number of aromatic amines is 1. The summed E-state index contributed by atoms with van der Waals surface area (Å²) in [4.78, 5) is 29.1. The summed E-state index contributed by atoms with van der Waals surface area (Å²) in [5.74, 6) is -1.23. The van der Waals surface area contributed by atoms with E-state index < -0.39 is 11.5 Å². The van der Waals surface area contributed by atoms with E-state index in [1.165, 1.54) is 6.07 Å². The number of H-pyrrole nitrogens is 1. The van der Waals surface area contributed by atoms with Crippen LogP contribution in [-0.4, -0.2) is 21.0 Å². The van der Waals surface area contributed by atoms with Gasteiger partial charge in [-0.25, -0.2) is 4.79 Å². The zero-order valence-electron chi connectivity index (χ0n) is 9.80. The summed E-state index contributed by atoms with van der Waals surface area (Å²) in [6.45, 7) is 1.90. The van der Waals surface area contributed by atoms with Crippen LogP contribution < -0.4 is 5.56 Å². The molecule has 0 aliphatic heterocycles. The van der Waals surface area contributed by atoms with E-state index in [4.69, 9.17) is 5.11 Å². The molecule has 2 aromatic rings.